The summed E-state index contributed by atoms with van der Waals surface area (Å²) in [6.45, 7) is 0.600. The highest BCUT2D eigenvalue weighted by Crippen LogP contribution is 2.16. The van der Waals surface area contributed by atoms with Crippen molar-refractivity contribution in [1.29, 1.82) is 5.26 Å². The van der Waals surface area contributed by atoms with Crippen molar-refractivity contribution in [3.05, 3.63) is 18.0 Å². The first-order chi connectivity index (χ1) is 5.40. The highest BCUT2D eigenvalue weighted by molar-refractivity contribution is 5.89. The molecule has 4 heteroatoms. The molecule has 0 saturated carbocycles. The Morgan fingerprint density at radius 3 is 3.27 bits per heavy atom. The Hall–Kier alpha value is -1.76. The van der Waals surface area contributed by atoms with Crippen LogP contribution >= 0.6 is 0 Å². The Balaban J connectivity index is 2.52. The SMILES string of the molecule is N#Cn1cc2c(c1)NCN=C2. The van der Waals surface area contributed by atoms with E-state index in [1.165, 1.54) is 4.57 Å². The van der Waals surface area contributed by atoms with E-state index in [9.17, 15) is 0 Å². The second-order valence-electron chi connectivity index (χ2n) is 2.28. The van der Waals surface area contributed by atoms with Crippen molar-refractivity contribution in [2.45, 2.75) is 0 Å². The minimum atomic E-state index is 0.600. The van der Waals surface area contributed by atoms with Crippen molar-refractivity contribution in [3.8, 4) is 6.19 Å². The molecule has 1 aromatic rings. The van der Waals surface area contributed by atoms with Crippen LogP contribution in [-0.4, -0.2) is 17.5 Å². The van der Waals surface area contributed by atoms with Gasteiger partial charge in [-0.15, -0.1) is 0 Å². The normalized spacial score (nSPS) is 13.4. The predicted octanol–water partition coefficient (Wildman–Crippen LogP) is 0.619. The molecule has 0 bridgehead atoms. The van der Waals surface area contributed by atoms with E-state index >= 15 is 0 Å². The summed E-state index contributed by atoms with van der Waals surface area (Å²) in [5, 5.41) is 11.6. The molecule has 0 aliphatic carbocycles. The Morgan fingerprint density at radius 2 is 2.55 bits per heavy atom. The Kier molecular flexibility index (Phi) is 1.16. The fourth-order valence-electron chi connectivity index (χ4n) is 1.05. The highest BCUT2D eigenvalue weighted by atomic mass is 15.1. The fraction of sp³-hybridized carbons (Fsp3) is 0.143. The lowest BCUT2D eigenvalue weighted by molar-refractivity contribution is 1.10. The van der Waals surface area contributed by atoms with Crippen LogP contribution < -0.4 is 5.32 Å². The van der Waals surface area contributed by atoms with Crippen molar-refractivity contribution >= 4 is 11.9 Å². The number of nitriles is 1. The highest BCUT2D eigenvalue weighted by Gasteiger charge is 2.06. The second-order valence-corrected chi connectivity index (χ2v) is 2.28. The second kappa shape index (κ2) is 2.13. The number of nitrogens with zero attached hydrogens (tertiary/aromatic N) is 3. The lowest BCUT2D eigenvalue weighted by Gasteiger charge is -2.05. The van der Waals surface area contributed by atoms with Crippen LogP contribution in [-0.2, 0) is 0 Å². The lowest BCUT2D eigenvalue weighted by Crippen LogP contribution is -2.04. The smallest absolute Gasteiger partial charge is 0.188 e. The lowest BCUT2D eigenvalue weighted by atomic mass is 10.3. The van der Waals surface area contributed by atoms with Gasteiger partial charge in [-0.1, -0.05) is 0 Å². The number of hydrogen-bond acceptors (Lipinski definition) is 3. The number of anilines is 1. The quantitative estimate of drug-likeness (QED) is 0.583. The third-order valence-electron chi connectivity index (χ3n) is 1.56. The topological polar surface area (TPSA) is 53.1 Å². The molecule has 0 amide bonds. The monoisotopic (exact) mass is 146 g/mol. The number of rotatable bonds is 0. The number of aromatic nitrogens is 1. The van der Waals surface area contributed by atoms with Crippen LogP contribution in [0.2, 0.25) is 0 Å². The van der Waals surface area contributed by atoms with E-state index in [2.05, 4.69) is 10.3 Å². The van der Waals surface area contributed by atoms with Crippen LogP contribution in [0, 0.1) is 11.5 Å². The zero-order chi connectivity index (χ0) is 7.68. The van der Waals surface area contributed by atoms with Gasteiger partial charge in [-0.3, -0.25) is 9.56 Å². The molecule has 0 saturated heterocycles. The van der Waals surface area contributed by atoms with Crippen molar-refractivity contribution in [1.82, 2.24) is 4.57 Å². The maximum absolute atomic E-state index is 8.53. The zero-order valence-corrected chi connectivity index (χ0v) is 5.78. The minimum absolute atomic E-state index is 0.600. The first-order valence-corrected chi connectivity index (χ1v) is 3.26. The fourth-order valence-corrected chi connectivity index (χ4v) is 1.05. The largest absolute Gasteiger partial charge is 0.364 e. The molecule has 1 aromatic heterocycles. The van der Waals surface area contributed by atoms with E-state index in [4.69, 9.17) is 5.26 Å². The van der Waals surface area contributed by atoms with Gasteiger partial charge in [0, 0.05) is 24.2 Å². The molecule has 2 rings (SSSR count). The Bertz CT molecular complexity index is 342. The summed E-state index contributed by atoms with van der Waals surface area (Å²) in [6, 6.07) is 0. The third kappa shape index (κ3) is 0.867. The number of aliphatic imine (C=N–C) groups is 1. The first-order valence-electron chi connectivity index (χ1n) is 3.26. The number of fused-ring (bicyclic) bond motifs is 1. The molecule has 0 spiro atoms. The number of nitrogens with one attached hydrogen (secondary N) is 1. The van der Waals surface area contributed by atoms with Gasteiger partial charge in [0.05, 0.1) is 5.69 Å². The van der Waals surface area contributed by atoms with Gasteiger partial charge in [0.2, 0.25) is 0 Å². The summed E-state index contributed by atoms with van der Waals surface area (Å²) in [5.41, 5.74) is 1.94. The first kappa shape index (κ1) is 5.98. The van der Waals surface area contributed by atoms with Gasteiger partial charge in [-0.05, 0) is 0 Å². The summed E-state index contributed by atoms with van der Waals surface area (Å²) < 4.78 is 1.45. The summed E-state index contributed by atoms with van der Waals surface area (Å²) in [4.78, 5) is 4.01. The standard InChI is InChI=1S/C7H6N4/c8-4-11-2-6-1-9-5-10-7(6)3-11/h1-3,10H,5H2. The van der Waals surface area contributed by atoms with E-state index in [0.717, 1.165) is 11.3 Å². The van der Waals surface area contributed by atoms with Crippen LogP contribution in [0.1, 0.15) is 5.56 Å². The van der Waals surface area contributed by atoms with Crippen molar-refractivity contribution in [3.63, 3.8) is 0 Å². The van der Waals surface area contributed by atoms with Gasteiger partial charge in [0.25, 0.3) is 0 Å². The molecular weight excluding hydrogens is 140 g/mol. The summed E-state index contributed by atoms with van der Waals surface area (Å²) >= 11 is 0. The van der Waals surface area contributed by atoms with Gasteiger partial charge in [0.1, 0.15) is 6.67 Å². The van der Waals surface area contributed by atoms with Crippen LogP contribution in [0.15, 0.2) is 17.4 Å². The van der Waals surface area contributed by atoms with Crippen LogP contribution in [0.3, 0.4) is 0 Å². The van der Waals surface area contributed by atoms with E-state index < -0.39 is 0 Å². The third-order valence-corrected chi connectivity index (χ3v) is 1.56. The molecule has 11 heavy (non-hydrogen) atoms. The van der Waals surface area contributed by atoms with Gasteiger partial charge >= 0.3 is 0 Å². The van der Waals surface area contributed by atoms with Crippen LogP contribution in [0.4, 0.5) is 5.69 Å². The van der Waals surface area contributed by atoms with Crippen LogP contribution in [0.5, 0.6) is 0 Å². The average molecular weight is 146 g/mol. The predicted molar refractivity (Wildman–Crippen MR) is 41.5 cm³/mol. The Morgan fingerprint density at radius 1 is 1.64 bits per heavy atom. The molecule has 0 aromatic carbocycles. The van der Waals surface area contributed by atoms with Gasteiger partial charge in [-0.25, -0.2) is 0 Å². The van der Waals surface area contributed by atoms with E-state index in [-0.39, 0.29) is 0 Å². The number of hydrogen-bond donors (Lipinski definition) is 1. The molecule has 0 unspecified atom stereocenters. The van der Waals surface area contributed by atoms with Crippen molar-refractivity contribution in [2.75, 3.05) is 12.0 Å². The minimum Gasteiger partial charge on any atom is -0.364 e. The zero-order valence-electron chi connectivity index (χ0n) is 5.78. The molecule has 1 aliphatic heterocycles. The molecule has 1 N–H and O–H groups in total. The summed E-state index contributed by atoms with van der Waals surface area (Å²) in [5.74, 6) is 0. The molecule has 1 aliphatic rings. The maximum Gasteiger partial charge on any atom is 0.188 e. The Labute approximate surface area is 63.8 Å². The van der Waals surface area contributed by atoms with E-state index in [1.54, 1.807) is 18.6 Å². The molecule has 54 valence electrons. The van der Waals surface area contributed by atoms with Gasteiger partial charge in [-0.2, -0.15) is 5.26 Å². The summed E-state index contributed by atoms with van der Waals surface area (Å²) in [6.07, 6.45) is 7.25. The molecular formula is C7H6N4. The molecule has 0 fully saturated rings. The van der Waals surface area contributed by atoms with Gasteiger partial charge in [0.15, 0.2) is 6.19 Å². The molecule has 0 atom stereocenters. The van der Waals surface area contributed by atoms with E-state index in [0.29, 0.717) is 6.67 Å². The molecule has 2 heterocycles. The average Bonchev–Trinajstić information content (AvgIpc) is 2.46. The van der Waals surface area contributed by atoms with E-state index in [1.807, 2.05) is 6.19 Å². The van der Waals surface area contributed by atoms with Crippen molar-refractivity contribution in [2.24, 2.45) is 4.99 Å². The van der Waals surface area contributed by atoms with Crippen molar-refractivity contribution < 1.29 is 0 Å². The maximum atomic E-state index is 8.53. The molecule has 0 radical (unpaired) electrons. The molecule has 4 nitrogen and oxygen atoms in total. The van der Waals surface area contributed by atoms with Crippen LogP contribution in [0.25, 0.3) is 0 Å². The van der Waals surface area contributed by atoms with Gasteiger partial charge < -0.3 is 5.32 Å². The summed E-state index contributed by atoms with van der Waals surface area (Å²) in [7, 11) is 0.